The van der Waals surface area contributed by atoms with E-state index in [1.54, 1.807) is 0 Å². The van der Waals surface area contributed by atoms with Crippen LogP contribution in [-0.4, -0.2) is 24.2 Å². The molecule has 0 saturated carbocycles. The van der Waals surface area contributed by atoms with Crippen LogP contribution in [0.2, 0.25) is 0 Å². The Balaban J connectivity index is 0. The van der Waals surface area contributed by atoms with Gasteiger partial charge in [0.2, 0.25) is 4.38 Å². The Morgan fingerprint density at radius 1 is 1.33 bits per heavy atom. The summed E-state index contributed by atoms with van der Waals surface area (Å²) in [6.07, 6.45) is 2.26. The van der Waals surface area contributed by atoms with Crippen molar-refractivity contribution in [1.29, 1.82) is 0 Å². The van der Waals surface area contributed by atoms with Gasteiger partial charge in [-0.15, -0.1) is 0 Å². The normalized spacial score (nSPS) is 8.83. The first-order chi connectivity index (χ1) is 5.27. The molecule has 0 N–H and O–H groups in total. The second-order valence-electron chi connectivity index (χ2n) is 2.08. The summed E-state index contributed by atoms with van der Waals surface area (Å²) in [4.78, 5) is 0. The van der Waals surface area contributed by atoms with Crippen molar-refractivity contribution in [3.63, 3.8) is 0 Å². The van der Waals surface area contributed by atoms with Gasteiger partial charge in [-0.1, -0.05) is 26.0 Å². The maximum atomic E-state index is 5.21. The number of hydrogen-bond acceptors (Lipinski definition) is 3. The van der Waals surface area contributed by atoms with E-state index in [1.807, 2.05) is 0 Å². The van der Waals surface area contributed by atoms with Crippen LogP contribution in [0.5, 0.6) is 0 Å². The van der Waals surface area contributed by atoms with Crippen molar-refractivity contribution < 1.29 is 26.0 Å². The Bertz CT molecular complexity index is 112. The minimum atomic E-state index is 0. The number of unbranched alkanes of at least 4 members (excludes halogenated alkanes) is 1. The van der Waals surface area contributed by atoms with E-state index < -0.39 is 0 Å². The molecule has 0 aromatic heterocycles. The molecule has 0 aromatic rings. The van der Waals surface area contributed by atoms with Gasteiger partial charge in [0, 0.05) is 23.1 Å². The van der Waals surface area contributed by atoms with Gasteiger partial charge in [0.1, 0.15) is 6.61 Å². The monoisotopic (exact) mass is 252 g/mol. The molecule has 76 valence electrons. The van der Waals surface area contributed by atoms with Crippen molar-refractivity contribution in [1.82, 2.24) is 0 Å². The Morgan fingerprint density at radius 2 is 2.00 bits per heavy atom. The van der Waals surface area contributed by atoms with Crippen molar-refractivity contribution in [3.8, 4) is 0 Å². The molecule has 2 nitrogen and oxygen atoms in total. The largest absolute Gasteiger partial charge is 0.476 e. The molecular formula is C7H14NiO2S2. The van der Waals surface area contributed by atoms with Gasteiger partial charge in [0.05, 0.1) is 6.61 Å². The van der Waals surface area contributed by atoms with Crippen LogP contribution < -0.4 is 0 Å². The third-order valence-corrected chi connectivity index (χ3v) is 1.34. The first kappa shape index (κ1) is 15.2. The summed E-state index contributed by atoms with van der Waals surface area (Å²) in [5.74, 6) is 0. The van der Waals surface area contributed by atoms with Crippen LogP contribution >= 0.6 is 24.8 Å². The second kappa shape index (κ2) is 11.7. The molecular weight excluding hydrogens is 239 g/mol. The van der Waals surface area contributed by atoms with Gasteiger partial charge >= 0.3 is 0 Å². The fraction of sp³-hybridized carbons (Fsp3) is 0.857. The molecule has 0 saturated heterocycles. The summed E-state index contributed by atoms with van der Waals surface area (Å²) in [7, 11) is 0. The van der Waals surface area contributed by atoms with Crippen LogP contribution in [0.1, 0.15) is 19.8 Å². The number of thiocarbonyl (C=S) groups is 1. The van der Waals surface area contributed by atoms with Crippen LogP contribution in [-0.2, 0) is 26.0 Å². The maximum Gasteiger partial charge on any atom is 0.216 e. The van der Waals surface area contributed by atoms with Crippen LogP contribution in [0.15, 0.2) is 0 Å². The van der Waals surface area contributed by atoms with Crippen LogP contribution in [0, 0.1) is 0 Å². The minimum Gasteiger partial charge on any atom is -0.476 e. The summed E-state index contributed by atoms with van der Waals surface area (Å²) >= 11 is 8.38. The Hall–Kier alpha value is 0.694. The molecule has 0 heterocycles. The van der Waals surface area contributed by atoms with Crippen LogP contribution in [0.4, 0.5) is 0 Å². The molecule has 0 fully saturated rings. The SMILES string of the molecule is CCCCOCCOC(=S)S.[Ni]. The Labute approximate surface area is 94.7 Å². The number of ether oxygens (including phenoxy) is 2. The van der Waals surface area contributed by atoms with Crippen molar-refractivity contribution in [2.24, 2.45) is 0 Å². The molecule has 0 aliphatic rings. The van der Waals surface area contributed by atoms with Crippen LogP contribution in [0.25, 0.3) is 0 Å². The molecule has 0 amide bonds. The quantitative estimate of drug-likeness (QED) is 0.338. The Kier molecular flexibility index (Phi) is 14.8. The first-order valence-corrected chi connectivity index (χ1v) is 4.56. The van der Waals surface area contributed by atoms with Gasteiger partial charge in [-0.05, 0) is 18.6 Å². The topological polar surface area (TPSA) is 18.5 Å². The summed E-state index contributed by atoms with van der Waals surface area (Å²) in [5, 5.41) is 0. The fourth-order valence-electron chi connectivity index (χ4n) is 0.536. The van der Waals surface area contributed by atoms with E-state index >= 15 is 0 Å². The van der Waals surface area contributed by atoms with Crippen molar-refractivity contribution >= 4 is 29.2 Å². The molecule has 0 unspecified atom stereocenters. The number of thiol groups is 1. The van der Waals surface area contributed by atoms with E-state index in [0.29, 0.717) is 13.2 Å². The molecule has 0 aliphatic heterocycles. The molecule has 0 spiro atoms. The van der Waals surface area contributed by atoms with Crippen molar-refractivity contribution in [3.05, 3.63) is 0 Å². The second-order valence-corrected chi connectivity index (χ2v) is 3.16. The summed E-state index contributed by atoms with van der Waals surface area (Å²) in [6.45, 7) is 4.04. The standard InChI is InChI=1S/C7H14O2S2.Ni/c1-2-3-4-8-5-6-9-7(10)11;/h2-6H2,1H3,(H,10,11);. The predicted molar refractivity (Wildman–Crippen MR) is 53.3 cm³/mol. The average molecular weight is 253 g/mol. The number of rotatable bonds is 6. The third kappa shape index (κ3) is 13.3. The molecule has 0 atom stereocenters. The van der Waals surface area contributed by atoms with Crippen molar-refractivity contribution in [2.75, 3.05) is 19.8 Å². The van der Waals surface area contributed by atoms with Gasteiger partial charge in [0.25, 0.3) is 0 Å². The molecule has 0 bridgehead atoms. The summed E-state index contributed by atoms with van der Waals surface area (Å²) in [5.41, 5.74) is 0. The molecule has 12 heavy (non-hydrogen) atoms. The molecule has 5 heteroatoms. The minimum absolute atomic E-state index is 0. The van der Waals surface area contributed by atoms with E-state index in [0.717, 1.165) is 19.4 Å². The molecule has 0 aromatic carbocycles. The molecule has 0 aliphatic carbocycles. The maximum absolute atomic E-state index is 5.21. The summed E-state index contributed by atoms with van der Waals surface area (Å²) < 4.78 is 10.4. The Morgan fingerprint density at radius 3 is 2.50 bits per heavy atom. The zero-order valence-corrected chi connectivity index (χ0v) is 9.72. The van der Waals surface area contributed by atoms with E-state index in [4.69, 9.17) is 9.47 Å². The van der Waals surface area contributed by atoms with Gasteiger partial charge in [-0.3, -0.25) is 0 Å². The first-order valence-electron chi connectivity index (χ1n) is 3.70. The molecule has 0 rings (SSSR count). The third-order valence-electron chi connectivity index (χ3n) is 1.10. The van der Waals surface area contributed by atoms with Gasteiger partial charge in [-0.25, -0.2) is 0 Å². The zero-order chi connectivity index (χ0) is 8.53. The smallest absolute Gasteiger partial charge is 0.216 e. The van der Waals surface area contributed by atoms with Gasteiger partial charge in [0.15, 0.2) is 0 Å². The summed E-state index contributed by atoms with van der Waals surface area (Å²) in [6, 6.07) is 0. The van der Waals surface area contributed by atoms with E-state index in [9.17, 15) is 0 Å². The predicted octanol–water partition coefficient (Wildman–Crippen LogP) is 2.03. The van der Waals surface area contributed by atoms with Crippen LogP contribution in [0.3, 0.4) is 0 Å². The average Bonchev–Trinajstić information content (AvgIpc) is 1.96. The van der Waals surface area contributed by atoms with Crippen molar-refractivity contribution in [2.45, 2.75) is 19.8 Å². The van der Waals surface area contributed by atoms with E-state index in [1.165, 1.54) is 0 Å². The fourth-order valence-corrected chi connectivity index (χ4v) is 0.711. The van der Waals surface area contributed by atoms with E-state index in [-0.39, 0.29) is 20.9 Å². The number of hydrogen-bond donors (Lipinski definition) is 1. The van der Waals surface area contributed by atoms with Gasteiger partial charge < -0.3 is 9.47 Å². The zero-order valence-electron chi connectivity index (χ0n) is 7.02. The van der Waals surface area contributed by atoms with Gasteiger partial charge in [-0.2, -0.15) is 0 Å². The molecule has 0 radical (unpaired) electrons. The van der Waals surface area contributed by atoms with E-state index in [2.05, 4.69) is 31.8 Å².